The lowest BCUT2D eigenvalue weighted by atomic mass is 10.1. The quantitative estimate of drug-likeness (QED) is 0.794. The molecule has 0 aliphatic carbocycles. The fourth-order valence-corrected chi connectivity index (χ4v) is 2.45. The third kappa shape index (κ3) is 5.63. The van der Waals surface area contributed by atoms with Gasteiger partial charge in [0, 0.05) is 12.1 Å². The van der Waals surface area contributed by atoms with E-state index < -0.39 is 11.7 Å². The molecule has 0 saturated carbocycles. The highest BCUT2D eigenvalue weighted by molar-refractivity contribution is 5.96. The zero-order valence-electron chi connectivity index (χ0n) is 14.6. The van der Waals surface area contributed by atoms with Crippen molar-refractivity contribution < 1.29 is 18.4 Å². The molecular formula is C19H21F2N3O2. The monoisotopic (exact) mass is 361 g/mol. The third-order valence-corrected chi connectivity index (χ3v) is 3.87. The fourth-order valence-electron chi connectivity index (χ4n) is 2.45. The van der Waals surface area contributed by atoms with Crippen molar-refractivity contribution in [3.8, 4) is 0 Å². The number of carbonyl (C=O) groups is 2. The van der Waals surface area contributed by atoms with Crippen LogP contribution in [0.3, 0.4) is 0 Å². The second kappa shape index (κ2) is 9.05. The highest BCUT2D eigenvalue weighted by Gasteiger charge is 2.16. The Morgan fingerprint density at radius 2 is 1.69 bits per heavy atom. The van der Waals surface area contributed by atoms with E-state index in [0.717, 1.165) is 5.56 Å². The average molecular weight is 361 g/mol. The van der Waals surface area contributed by atoms with Gasteiger partial charge in [-0.2, -0.15) is 0 Å². The van der Waals surface area contributed by atoms with Crippen LogP contribution < -0.4 is 10.6 Å². The molecule has 138 valence electrons. The Labute approximate surface area is 151 Å². The maximum atomic E-state index is 13.4. The molecule has 0 heterocycles. The Balaban J connectivity index is 1.86. The number of carbonyl (C=O) groups excluding carboxylic acids is 2. The van der Waals surface area contributed by atoms with Crippen molar-refractivity contribution in [1.29, 1.82) is 0 Å². The summed E-state index contributed by atoms with van der Waals surface area (Å²) in [7, 11) is 3.66. The smallest absolute Gasteiger partial charge is 0.251 e. The molecule has 2 N–H and O–H groups in total. The van der Waals surface area contributed by atoms with Gasteiger partial charge in [0.05, 0.1) is 12.6 Å². The number of hydrogen-bond acceptors (Lipinski definition) is 3. The molecule has 0 fully saturated rings. The number of nitrogens with one attached hydrogen (secondary N) is 2. The minimum atomic E-state index is -0.463. The zero-order valence-corrected chi connectivity index (χ0v) is 14.6. The van der Waals surface area contributed by atoms with Crippen LogP contribution in [0.15, 0.2) is 48.5 Å². The Morgan fingerprint density at radius 3 is 2.31 bits per heavy atom. The average Bonchev–Trinajstić information content (AvgIpc) is 2.60. The molecule has 1 unspecified atom stereocenters. The van der Waals surface area contributed by atoms with Crippen molar-refractivity contribution in [3.63, 3.8) is 0 Å². The summed E-state index contributed by atoms with van der Waals surface area (Å²) in [4.78, 5) is 25.7. The van der Waals surface area contributed by atoms with Gasteiger partial charge in [0.1, 0.15) is 11.6 Å². The summed E-state index contributed by atoms with van der Waals surface area (Å²) in [5.74, 6) is -1.61. The normalized spacial score (nSPS) is 11.9. The van der Waals surface area contributed by atoms with E-state index in [1.54, 1.807) is 12.1 Å². The summed E-state index contributed by atoms with van der Waals surface area (Å²) < 4.78 is 26.3. The van der Waals surface area contributed by atoms with Crippen LogP contribution in [0.5, 0.6) is 0 Å². The minimum absolute atomic E-state index is 0.206. The molecule has 1 atom stereocenters. The summed E-state index contributed by atoms with van der Waals surface area (Å²) in [6.07, 6.45) is 0. The van der Waals surface area contributed by atoms with Gasteiger partial charge in [-0.05, 0) is 56.1 Å². The molecule has 0 spiro atoms. The van der Waals surface area contributed by atoms with Gasteiger partial charge in [0.15, 0.2) is 0 Å². The third-order valence-electron chi connectivity index (χ3n) is 3.87. The van der Waals surface area contributed by atoms with E-state index in [-0.39, 0.29) is 36.4 Å². The lowest BCUT2D eigenvalue weighted by Crippen LogP contribution is -2.40. The maximum Gasteiger partial charge on any atom is 0.251 e. The van der Waals surface area contributed by atoms with Crippen molar-refractivity contribution in [2.75, 3.05) is 27.2 Å². The van der Waals surface area contributed by atoms with Crippen molar-refractivity contribution in [3.05, 3.63) is 71.3 Å². The molecule has 0 aromatic heterocycles. The zero-order chi connectivity index (χ0) is 19.1. The molecule has 2 aromatic carbocycles. The molecule has 0 radical (unpaired) electrons. The van der Waals surface area contributed by atoms with Crippen LogP contribution in [0.2, 0.25) is 0 Å². The molecule has 0 bridgehead atoms. The van der Waals surface area contributed by atoms with E-state index in [2.05, 4.69) is 10.6 Å². The van der Waals surface area contributed by atoms with Gasteiger partial charge in [-0.15, -0.1) is 0 Å². The molecule has 2 aromatic rings. The van der Waals surface area contributed by atoms with Gasteiger partial charge in [0.25, 0.3) is 5.91 Å². The van der Waals surface area contributed by atoms with Gasteiger partial charge in [-0.3, -0.25) is 9.59 Å². The number of hydrogen-bond donors (Lipinski definition) is 2. The Bertz CT molecular complexity index is 764. The van der Waals surface area contributed by atoms with E-state index in [1.165, 1.54) is 36.4 Å². The number of rotatable bonds is 7. The molecule has 0 aliphatic rings. The summed E-state index contributed by atoms with van der Waals surface area (Å²) in [6, 6.07) is 11.0. The first-order valence-corrected chi connectivity index (χ1v) is 8.09. The minimum Gasteiger partial charge on any atom is -0.353 e. The Hall–Kier alpha value is -2.80. The first-order valence-electron chi connectivity index (χ1n) is 8.09. The van der Waals surface area contributed by atoms with Crippen molar-refractivity contribution in [1.82, 2.24) is 15.5 Å². The summed E-state index contributed by atoms with van der Waals surface area (Å²) in [5.41, 5.74) is 1.01. The molecule has 7 heteroatoms. The highest BCUT2D eigenvalue weighted by atomic mass is 19.1. The lowest BCUT2D eigenvalue weighted by Gasteiger charge is -2.25. The lowest BCUT2D eigenvalue weighted by molar-refractivity contribution is -0.120. The van der Waals surface area contributed by atoms with Crippen molar-refractivity contribution in [2.24, 2.45) is 0 Å². The van der Waals surface area contributed by atoms with Gasteiger partial charge in [0.2, 0.25) is 5.91 Å². The Morgan fingerprint density at radius 1 is 1.00 bits per heavy atom. The molecule has 26 heavy (non-hydrogen) atoms. The molecule has 2 rings (SSSR count). The van der Waals surface area contributed by atoms with E-state index in [9.17, 15) is 18.4 Å². The first-order chi connectivity index (χ1) is 12.4. The summed E-state index contributed by atoms with van der Waals surface area (Å²) in [6.45, 7) is 0.0568. The highest BCUT2D eigenvalue weighted by Crippen LogP contribution is 2.18. The summed E-state index contributed by atoms with van der Waals surface area (Å²) >= 11 is 0. The van der Waals surface area contributed by atoms with Crippen LogP contribution in [-0.4, -0.2) is 43.9 Å². The second-order valence-corrected chi connectivity index (χ2v) is 6.03. The molecular weight excluding hydrogens is 340 g/mol. The van der Waals surface area contributed by atoms with Crippen LogP contribution in [0.1, 0.15) is 22.0 Å². The van der Waals surface area contributed by atoms with E-state index in [0.29, 0.717) is 0 Å². The van der Waals surface area contributed by atoms with Crippen LogP contribution in [0.25, 0.3) is 0 Å². The van der Waals surface area contributed by atoms with E-state index in [1.807, 2.05) is 19.0 Å². The van der Waals surface area contributed by atoms with Gasteiger partial charge < -0.3 is 15.5 Å². The first kappa shape index (κ1) is 19.5. The van der Waals surface area contributed by atoms with Crippen LogP contribution in [0.4, 0.5) is 8.78 Å². The number of halogens is 2. The topological polar surface area (TPSA) is 61.4 Å². The Kier molecular flexibility index (Phi) is 6.80. The molecule has 5 nitrogen and oxygen atoms in total. The number of benzene rings is 2. The second-order valence-electron chi connectivity index (χ2n) is 6.03. The standard InChI is InChI=1S/C19H21F2N3O2/c1-24(2)17(14-4-3-5-16(21)10-14)11-22-18(25)12-23-19(26)13-6-8-15(20)9-7-13/h3-10,17H,11-12H2,1-2H3,(H,22,25)(H,23,26). The molecule has 2 amide bonds. The SMILES string of the molecule is CN(C)C(CNC(=O)CNC(=O)c1ccc(F)cc1)c1cccc(F)c1. The summed E-state index contributed by atoms with van der Waals surface area (Å²) in [5, 5.41) is 5.19. The number of likely N-dealkylation sites (N-methyl/N-ethyl adjacent to an activating group) is 1. The predicted octanol–water partition coefficient (Wildman–Crippen LogP) is 2.11. The molecule has 0 aliphatic heterocycles. The van der Waals surface area contributed by atoms with Gasteiger partial charge >= 0.3 is 0 Å². The van der Waals surface area contributed by atoms with E-state index >= 15 is 0 Å². The van der Waals surface area contributed by atoms with Gasteiger partial charge in [-0.1, -0.05) is 12.1 Å². The number of amides is 2. The molecule has 0 saturated heterocycles. The van der Waals surface area contributed by atoms with Crippen LogP contribution >= 0.6 is 0 Å². The predicted molar refractivity (Wildman–Crippen MR) is 94.6 cm³/mol. The fraction of sp³-hybridized carbons (Fsp3) is 0.263. The van der Waals surface area contributed by atoms with Crippen molar-refractivity contribution >= 4 is 11.8 Å². The van der Waals surface area contributed by atoms with Crippen LogP contribution in [-0.2, 0) is 4.79 Å². The number of nitrogens with zero attached hydrogens (tertiary/aromatic N) is 1. The largest absolute Gasteiger partial charge is 0.353 e. The van der Waals surface area contributed by atoms with Crippen molar-refractivity contribution in [2.45, 2.75) is 6.04 Å². The van der Waals surface area contributed by atoms with Gasteiger partial charge in [-0.25, -0.2) is 8.78 Å². The maximum absolute atomic E-state index is 13.4. The van der Waals surface area contributed by atoms with E-state index in [4.69, 9.17) is 0 Å². The van der Waals surface area contributed by atoms with Crippen LogP contribution in [0, 0.1) is 11.6 Å².